The first-order chi connectivity index (χ1) is 12.7. The van der Waals surface area contributed by atoms with Crippen LogP contribution in [-0.2, 0) is 11.2 Å². The molecule has 1 unspecified atom stereocenters. The van der Waals surface area contributed by atoms with Gasteiger partial charge >= 0.3 is 6.03 Å². The third kappa shape index (κ3) is 4.45. The van der Waals surface area contributed by atoms with E-state index in [1.54, 1.807) is 30.6 Å². The second-order valence-electron chi connectivity index (χ2n) is 6.00. The Bertz CT molecular complexity index is 701. The van der Waals surface area contributed by atoms with Gasteiger partial charge in [-0.05, 0) is 6.92 Å². The Morgan fingerprint density at radius 3 is 2.85 bits per heavy atom. The van der Waals surface area contributed by atoms with Crippen LogP contribution in [0.25, 0.3) is 0 Å². The number of hydrogen-bond donors (Lipinski definition) is 1. The average molecular weight is 361 g/mol. The van der Waals surface area contributed by atoms with Gasteiger partial charge in [0.2, 0.25) is 5.89 Å². The molecule has 0 saturated carbocycles. The van der Waals surface area contributed by atoms with Crippen molar-refractivity contribution in [3.63, 3.8) is 0 Å². The Labute approximate surface area is 151 Å². The van der Waals surface area contributed by atoms with Crippen molar-refractivity contribution in [2.24, 2.45) is 0 Å². The minimum atomic E-state index is -0.357. The number of piperazine rings is 1. The molecule has 2 aromatic heterocycles. The number of nitrogens with zero attached hydrogens (tertiary/aromatic N) is 6. The summed E-state index contributed by atoms with van der Waals surface area (Å²) >= 11 is 0. The molecule has 0 bridgehead atoms. The minimum Gasteiger partial charge on any atom is -0.384 e. The van der Waals surface area contributed by atoms with Crippen molar-refractivity contribution in [2.75, 3.05) is 44.8 Å². The fourth-order valence-electron chi connectivity index (χ4n) is 2.67. The summed E-state index contributed by atoms with van der Waals surface area (Å²) in [7, 11) is 1.62. The maximum absolute atomic E-state index is 12.5. The number of rotatable bonds is 6. The molecule has 10 heteroatoms. The SMILES string of the molecule is COCCc1noc(C(C)NC(=O)N2CCN(c3cnccn3)CC2)n1. The first-order valence-corrected chi connectivity index (χ1v) is 8.55. The summed E-state index contributed by atoms with van der Waals surface area (Å²) < 4.78 is 10.2. The van der Waals surface area contributed by atoms with E-state index in [1.165, 1.54) is 0 Å². The molecule has 10 nitrogen and oxygen atoms in total. The number of hydrogen-bond acceptors (Lipinski definition) is 8. The molecular formula is C16H23N7O3. The van der Waals surface area contributed by atoms with E-state index in [9.17, 15) is 4.79 Å². The number of anilines is 1. The van der Waals surface area contributed by atoms with Crippen molar-refractivity contribution in [3.05, 3.63) is 30.3 Å². The lowest BCUT2D eigenvalue weighted by atomic mass is 10.3. The topological polar surface area (TPSA) is 110 Å². The van der Waals surface area contributed by atoms with Gasteiger partial charge in [-0.15, -0.1) is 0 Å². The van der Waals surface area contributed by atoms with E-state index in [1.807, 2.05) is 6.92 Å². The Kier molecular flexibility index (Phi) is 5.95. The van der Waals surface area contributed by atoms with Crippen LogP contribution in [0.15, 0.2) is 23.1 Å². The largest absolute Gasteiger partial charge is 0.384 e. The molecule has 2 aromatic rings. The maximum Gasteiger partial charge on any atom is 0.318 e. The van der Waals surface area contributed by atoms with Gasteiger partial charge in [0.05, 0.1) is 12.8 Å². The molecule has 140 valence electrons. The van der Waals surface area contributed by atoms with Gasteiger partial charge in [-0.2, -0.15) is 4.98 Å². The zero-order valence-electron chi connectivity index (χ0n) is 15.0. The average Bonchev–Trinajstić information content (AvgIpc) is 3.16. The van der Waals surface area contributed by atoms with Crippen molar-refractivity contribution in [1.82, 2.24) is 30.3 Å². The van der Waals surface area contributed by atoms with Gasteiger partial charge < -0.3 is 24.4 Å². The summed E-state index contributed by atoms with van der Waals surface area (Å²) in [6.07, 6.45) is 5.62. The van der Waals surface area contributed by atoms with Crippen LogP contribution in [0.4, 0.5) is 10.6 Å². The maximum atomic E-state index is 12.5. The van der Waals surface area contributed by atoms with Crippen LogP contribution in [0.1, 0.15) is 24.7 Å². The minimum absolute atomic E-state index is 0.145. The van der Waals surface area contributed by atoms with E-state index < -0.39 is 0 Å². The van der Waals surface area contributed by atoms with Crippen LogP contribution in [0.2, 0.25) is 0 Å². The van der Waals surface area contributed by atoms with Gasteiger partial charge in [-0.3, -0.25) is 4.98 Å². The molecule has 26 heavy (non-hydrogen) atoms. The van der Waals surface area contributed by atoms with Crippen molar-refractivity contribution >= 4 is 11.8 Å². The van der Waals surface area contributed by atoms with Crippen LogP contribution in [0.5, 0.6) is 0 Å². The lowest BCUT2D eigenvalue weighted by Gasteiger charge is -2.35. The van der Waals surface area contributed by atoms with Gasteiger partial charge in [-0.25, -0.2) is 9.78 Å². The second-order valence-corrected chi connectivity index (χ2v) is 6.00. The number of urea groups is 1. The summed E-state index contributed by atoms with van der Waals surface area (Å²) in [5, 5.41) is 6.79. The monoisotopic (exact) mass is 361 g/mol. The number of nitrogens with one attached hydrogen (secondary N) is 1. The standard InChI is InChI=1S/C16H23N7O3/c1-12(15-20-13(21-26-15)3-10-25-2)19-16(24)23-8-6-22(7-9-23)14-11-17-4-5-18-14/h4-5,11-12H,3,6-10H2,1-2H3,(H,19,24). The van der Waals surface area contributed by atoms with Crippen LogP contribution in [-0.4, -0.2) is 70.9 Å². The van der Waals surface area contributed by atoms with Gasteiger partial charge in [0.15, 0.2) is 5.82 Å². The molecule has 1 saturated heterocycles. The lowest BCUT2D eigenvalue weighted by Crippen LogP contribution is -2.52. The van der Waals surface area contributed by atoms with Crippen LogP contribution >= 0.6 is 0 Å². The highest BCUT2D eigenvalue weighted by atomic mass is 16.5. The molecule has 1 aliphatic heterocycles. The first kappa shape index (κ1) is 18.1. The number of amides is 2. The number of carbonyl (C=O) groups excluding carboxylic acids is 1. The third-order valence-corrected chi connectivity index (χ3v) is 4.16. The second kappa shape index (κ2) is 8.56. The van der Waals surface area contributed by atoms with Crippen molar-refractivity contribution in [3.8, 4) is 0 Å². The highest BCUT2D eigenvalue weighted by molar-refractivity contribution is 5.74. The molecule has 1 N–H and O–H groups in total. The number of aromatic nitrogens is 4. The predicted molar refractivity (Wildman–Crippen MR) is 92.6 cm³/mol. The molecule has 3 heterocycles. The van der Waals surface area contributed by atoms with E-state index >= 15 is 0 Å². The summed E-state index contributed by atoms with van der Waals surface area (Å²) in [5.74, 6) is 1.79. The Balaban J connectivity index is 1.48. The van der Waals surface area contributed by atoms with E-state index in [2.05, 4.69) is 30.3 Å². The van der Waals surface area contributed by atoms with Gasteiger partial charge in [0, 0.05) is 52.1 Å². The zero-order chi connectivity index (χ0) is 18.4. The fourth-order valence-corrected chi connectivity index (χ4v) is 2.67. The summed E-state index contributed by atoms with van der Waals surface area (Å²) in [6, 6.07) is -0.503. The van der Waals surface area contributed by atoms with Crippen LogP contribution in [0, 0.1) is 0 Å². The highest BCUT2D eigenvalue weighted by Gasteiger charge is 2.24. The van der Waals surface area contributed by atoms with E-state index in [0.717, 1.165) is 5.82 Å². The quantitative estimate of drug-likeness (QED) is 0.798. The normalized spacial score (nSPS) is 15.8. The molecular weight excluding hydrogens is 338 g/mol. The molecule has 1 atom stereocenters. The summed E-state index contributed by atoms with van der Waals surface area (Å²) in [6.45, 7) is 4.98. The number of methoxy groups -OCH3 is 1. The number of ether oxygens (including phenoxy) is 1. The Morgan fingerprint density at radius 1 is 1.35 bits per heavy atom. The van der Waals surface area contributed by atoms with Crippen molar-refractivity contribution < 1.29 is 14.1 Å². The molecule has 1 fully saturated rings. The molecule has 0 aromatic carbocycles. The zero-order valence-corrected chi connectivity index (χ0v) is 15.0. The van der Waals surface area contributed by atoms with Crippen LogP contribution in [0.3, 0.4) is 0 Å². The Hall–Kier alpha value is -2.75. The summed E-state index contributed by atoms with van der Waals surface area (Å²) in [4.78, 5) is 29.0. The molecule has 3 rings (SSSR count). The van der Waals surface area contributed by atoms with Crippen LogP contribution < -0.4 is 10.2 Å². The molecule has 0 spiro atoms. The van der Waals surface area contributed by atoms with Gasteiger partial charge in [0.1, 0.15) is 11.9 Å². The lowest BCUT2D eigenvalue weighted by molar-refractivity contribution is 0.188. The van der Waals surface area contributed by atoms with Crippen molar-refractivity contribution in [2.45, 2.75) is 19.4 Å². The van der Waals surface area contributed by atoms with Crippen molar-refractivity contribution in [1.29, 1.82) is 0 Å². The summed E-state index contributed by atoms with van der Waals surface area (Å²) in [5.41, 5.74) is 0. The molecule has 0 radical (unpaired) electrons. The number of carbonyl (C=O) groups is 1. The molecule has 2 amide bonds. The fraction of sp³-hybridized carbons (Fsp3) is 0.562. The molecule has 0 aliphatic carbocycles. The van der Waals surface area contributed by atoms with E-state index in [4.69, 9.17) is 9.26 Å². The predicted octanol–water partition coefficient (Wildman–Crippen LogP) is 0.641. The first-order valence-electron chi connectivity index (χ1n) is 8.55. The Morgan fingerprint density at radius 2 is 2.15 bits per heavy atom. The smallest absolute Gasteiger partial charge is 0.318 e. The third-order valence-electron chi connectivity index (χ3n) is 4.16. The van der Waals surface area contributed by atoms with Gasteiger partial charge in [0.25, 0.3) is 0 Å². The molecule has 1 aliphatic rings. The van der Waals surface area contributed by atoms with E-state index in [-0.39, 0.29) is 12.1 Å². The van der Waals surface area contributed by atoms with E-state index in [0.29, 0.717) is 50.9 Å². The highest BCUT2D eigenvalue weighted by Crippen LogP contribution is 2.14. The van der Waals surface area contributed by atoms with Gasteiger partial charge in [-0.1, -0.05) is 5.16 Å².